The summed E-state index contributed by atoms with van der Waals surface area (Å²) in [5.41, 5.74) is 0. The molecular formula is C18H32O15. The van der Waals surface area contributed by atoms with Crippen LogP contribution in [-0.2, 0) is 23.7 Å². The molecular weight excluding hydrogens is 456 g/mol. The van der Waals surface area contributed by atoms with Gasteiger partial charge in [-0.05, 0) is 6.92 Å². The van der Waals surface area contributed by atoms with Crippen molar-refractivity contribution in [1.82, 2.24) is 0 Å². The van der Waals surface area contributed by atoms with Crippen molar-refractivity contribution in [2.45, 2.75) is 99.0 Å². The smallest absolute Gasteiger partial charge is 0.187 e. The van der Waals surface area contributed by atoms with E-state index < -0.39 is 105 Å². The first-order valence-electron chi connectivity index (χ1n) is 10.4. The van der Waals surface area contributed by atoms with Crippen LogP contribution < -0.4 is 0 Å². The van der Waals surface area contributed by atoms with Crippen LogP contribution in [0.25, 0.3) is 0 Å². The van der Waals surface area contributed by atoms with Crippen molar-refractivity contribution in [2.24, 2.45) is 0 Å². The molecule has 3 heterocycles. The summed E-state index contributed by atoms with van der Waals surface area (Å²) in [6.07, 6.45) is -24.1. The molecule has 0 spiro atoms. The Morgan fingerprint density at radius 1 is 0.545 bits per heavy atom. The Morgan fingerprint density at radius 2 is 1.06 bits per heavy atom. The summed E-state index contributed by atoms with van der Waals surface area (Å²) in [5.74, 6) is 0. The van der Waals surface area contributed by atoms with Gasteiger partial charge in [-0.1, -0.05) is 0 Å². The quantitative estimate of drug-likeness (QED) is 0.167. The maximum atomic E-state index is 10.5. The van der Waals surface area contributed by atoms with Gasteiger partial charge in [0.15, 0.2) is 18.9 Å². The molecule has 0 bridgehead atoms. The molecule has 3 rings (SSSR count). The van der Waals surface area contributed by atoms with Gasteiger partial charge in [0.25, 0.3) is 0 Å². The summed E-state index contributed by atoms with van der Waals surface area (Å²) < 4.78 is 26.9. The predicted molar refractivity (Wildman–Crippen MR) is 99.8 cm³/mol. The SMILES string of the molecule is C[C@@H]1O[C@@H](O[C@H]2[C@H](O[C@@H]3O[C@H](CO)[C@@H](O)[C@H](O)[C@H]3O)[C@@H](O)[C@H](O)O[C@@H]2CO)[C@H](O)[C@H](O)[C@H]1O. The highest BCUT2D eigenvalue weighted by Crippen LogP contribution is 2.32. The molecule has 0 aromatic rings. The molecule has 3 saturated heterocycles. The average Bonchev–Trinajstić information content (AvgIpc) is 2.80. The zero-order chi connectivity index (χ0) is 24.6. The second kappa shape index (κ2) is 11.0. The van der Waals surface area contributed by atoms with Crippen LogP contribution in [0.1, 0.15) is 6.92 Å². The summed E-state index contributed by atoms with van der Waals surface area (Å²) in [6.45, 7) is -0.118. The molecule has 0 amide bonds. The van der Waals surface area contributed by atoms with E-state index in [2.05, 4.69) is 0 Å². The van der Waals surface area contributed by atoms with Crippen LogP contribution in [0.15, 0.2) is 0 Å². The maximum absolute atomic E-state index is 10.5. The number of rotatable bonds is 6. The molecule has 3 aliphatic rings. The normalized spacial score (nSPS) is 53.7. The fraction of sp³-hybridized carbons (Fsp3) is 1.00. The lowest BCUT2D eigenvalue weighted by Crippen LogP contribution is -2.66. The highest BCUT2D eigenvalue weighted by Gasteiger charge is 2.53. The fourth-order valence-corrected chi connectivity index (χ4v) is 3.99. The third kappa shape index (κ3) is 5.32. The Balaban J connectivity index is 1.83. The molecule has 0 radical (unpaired) electrons. The molecule has 33 heavy (non-hydrogen) atoms. The largest absolute Gasteiger partial charge is 0.394 e. The third-order valence-corrected chi connectivity index (χ3v) is 6.05. The van der Waals surface area contributed by atoms with E-state index in [9.17, 15) is 51.1 Å². The van der Waals surface area contributed by atoms with Crippen LogP contribution in [0.3, 0.4) is 0 Å². The first kappa shape index (κ1) is 27.0. The number of aliphatic hydroxyl groups is 10. The second-order valence-corrected chi connectivity index (χ2v) is 8.32. The lowest BCUT2D eigenvalue weighted by atomic mass is 9.96. The van der Waals surface area contributed by atoms with Gasteiger partial charge in [-0.25, -0.2) is 0 Å². The molecule has 0 saturated carbocycles. The summed E-state index contributed by atoms with van der Waals surface area (Å²) >= 11 is 0. The molecule has 0 aromatic heterocycles. The van der Waals surface area contributed by atoms with E-state index in [0.717, 1.165) is 0 Å². The Morgan fingerprint density at radius 3 is 1.64 bits per heavy atom. The van der Waals surface area contributed by atoms with Crippen molar-refractivity contribution in [1.29, 1.82) is 0 Å². The number of aliphatic hydroxyl groups excluding tert-OH is 10. The second-order valence-electron chi connectivity index (χ2n) is 8.32. The number of ether oxygens (including phenoxy) is 5. The highest BCUT2D eigenvalue weighted by molar-refractivity contribution is 4.96. The Hall–Kier alpha value is -0.600. The standard InChI is InChI=1S/C18H32O15/c1-4-7(21)9(23)11(25)17(29-4)32-14-6(3-20)30-16(28)13(27)15(14)33-18-12(26)10(24)8(22)5(2-19)31-18/h4-28H,2-3H2,1H3/t4-,5+,6+,7-,8+,9+,10-,11+,12+,13+,14+,15+,16+,17-,18-/m0/s1. The molecule has 3 aliphatic heterocycles. The van der Waals surface area contributed by atoms with Crippen LogP contribution >= 0.6 is 0 Å². The minimum Gasteiger partial charge on any atom is -0.394 e. The summed E-state index contributed by atoms with van der Waals surface area (Å²) in [6, 6.07) is 0. The van der Waals surface area contributed by atoms with Crippen LogP contribution in [0.4, 0.5) is 0 Å². The van der Waals surface area contributed by atoms with Gasteiger partial charge in [0.05, 0.1) is 19.3 Å². The topological polar surface area (TPSA) is 248 Å². The van der Waals surface area contributed by atoms with Crippen molar-refractivity contribution in [3.8, 4) is 0 Å². The molecule has 194 valence electrons. The minimum atomic E-state index is -1.89. The van der Waals surface area contributed by atoms with Crippen LogP contribution in [-0.4, -0.2) is 156 Å². The van der Waals surface area contributed by atoms with Crippen molar-refractivity contribution in [3.63, 3.8) is 0 Å². The molecule has 15 atom stereocenters. The average molecular weight is 488 g/mol. The minimum absolute atomic E-state index is 0.747. The van der Waals surface area contributed by atoms with Crippen LogP contribution in [0.2, 0.25) is 0 Å². The Bertz CT molecular complexity index is 624. The Kier molecular flexibility index (Phi) is 8.99. The lowest BCUT2D eigenvalue weighted by molar-refractivity contribution is -0.382. The van der Waals surface area contributed by atoms with Crippen molar-refractivity contribution >= 4 is 0 Å². The van der Waals surface area contributed by atoms with Crippen molar-refractivity contribution in [2.75, 3.05) is 13.2 Å². The van der Waals surface area contributed by atoms with Gasteiger partial charge < -0.3 is 74.7 Å². The zero-order valence-corrected chi connectivity index (χ0v) is 17.6. The molecule has 3 fully saturated rings. The summed E-state index contributed by atoms with van der Waals surface area (Å²) in [5, 5.41) is 99.8. The van der Waals surface area contributed by atoms with E-state index in [1.54, 1.807) is 0 Å². The van der Waals surface area contributed by atoms with Crippen LogP contribution in [0, 0.1) is 0 Å². The number of hydrogen-bond acceptors (Lipinski definition) is 15. The molecule has 0 aliphatic carbocycles. The van der Waals surface area contributed by atoms with Gasteiger partial charge in [0.2, 0.25) is 0 Å². The first-order chi connectivity index (χ1) is 15.5. The third-order valence-electron chi connectivity index (χ3n) is 6.05. The molecule has 10 N–H and O–H groups in total. The monoisotopic (exact) mass is 488 g/mol. The summed E-state index contributed by atoms with van der Waals surface area (Å²) in [4.78, 5) is 0. The Labute approximate surface area is 187 Å². The van der Waals surface area contributed by atoms with E-state index in [0.29, 0.717) is 0 Å². The van der Waals surface area contributed by atoms with Gasteiger partial charge in [-0.2, -0.15) is 0 Å². The van der Waals surface area contributed by atoms with Gasteiger partial charge >= 0.3 is 0 Å². The van der Waals surface area contributed by atoms with Gasteiger partial charge in [0, 0.05) is 0 Å². The van der Waals surface area contributed by atoms with E-state index >= 15 is 0 Å². The summed E-state index contributed by atoms with van der Waals surface area (Å²) in [7, 11) is 0. The molecule has 15 nitrogen and oxygen atoms in total. The van der Waals surface area contributed by atoms with Crippen LogP contribution in [0.5, 0.6) is 0 Å². The molecule has 15 heteroatoms. The predicted octanol–water partition coefficient (Wildman–Crippen LogP) is -6.55. The van der Waals surface area contributed by atoms with Gasteiger partial charge in [-0.3, -0.25) is 0 Å². The van der Waals surface area contributed by atoms with E-state index in [-0.39, 0.29) is 0 Å². The van der Waals surface area contributed by atoms with Crippen molar-refractivity contribution in [3.05, 3.63) is 0 Å². The van der Waals surface area contributed by atoms with Gasteiger partial charge in [0.1, 0.15) is 67.1 Å². The number of hydrogen-bond donors (Lipinski definition) is 10. The molecule has 0 aromatic carbocycles. The zero-order valence-electron chi connectivity index (χ0n) is 17.6. The van der Waals surface area contributed by atoms with Crippen molar-refractivity contribution < 1.29 is 74.7 Å². The van der Waals surface area contributed by atoms with E-state index in [4.69, 9.17) is 23.7 Å². The van der Waals surface area contributed by atoms with Gasteiger partial charge in [-0.15, -0.1) is 0 Å². The highest BCUT2D eigenvalue weighted by atomic mass is 16.8. The lowest BCUT2D eigenvalue weighted by Gasteiger charge is -2.48. The van der Waals surface area contributed by atoms with E-state index in [1.165, 1.54) is 6.92 Å². The van der Waals surface area contributed by atoms with E-state index in [1.807, 2.05) is 0 Å². The fourth-order valence-electron chi connectivity index (χ4n) is 3.99. The maximum Gasteiger partial charge on any atom is 0.187 e. The first-order valence-corrected chi connectivity index (χ1v) is 10.4. The molecule has 0 unspecified atom stereocenters.